The summed E-state index contributed by atoms with van der Waals surface area (Å²) in [6.07, 6.45) is 3.81. The van der Waals surface area contributed by atoms with Crippen molar-refractivity contribution >= 4 is 44.9 Å². The lowest BCUT2D eigenvalue weighted by Crippen LogP contribution is -1.93. The molecule has 0 saturated heterocycles. The van der Waals surface area contributed by atoms with Crippen LogP contribution < -0.4 is 0 Å². The zero-order valence-electron chi connectivity index (χ0n) is 11.3. The molecular formula is C13H13ClN4S2. The number of hydrogen-bond donors (Lipinski definition) is 0. The van der Waals surface area contributed by atoms with E-state index in [0.717, 1.165) is 20.9 Å². The molecule has 0 amide bonds. The third-order valence-electron chi connectivity index (χ3n) is 3.08. The van der Waals surface area contributed by atoms with Gasteiger partial charge in [-0.25, -0.2) is 9.97 Å². The minimum atomic E-state index is 0.554. The first-order chi connectivity index (χ1) is 9.54. The Kier molecular flexibility index (Phi) is 3.70. The van der Waals surface area contributed by atoms with E-state index in [1.807, 2.05) is 19.4 Å². The van der Waals surface area contributed by atoms with Crippen LogP contribution in [-0.4, -0.2) is 19.7 Å². The fraction of sp³-hybridized carbons (Fsp3) is 0.308. The Morgan fingerprint density at radius 3 is 2.85 bits per heavy atom. The third-order valence-corrected chi connectivity index (χ3v) is 5.40. The van der Waals surface area contributed by atoms with Crippen LogP contribution in [0.3, 0.4) is 0 Å². The van der Waals surface area contributed by atoms with Crippen molar-refractivity contribution in [1.29, 1.82) is 0 Å². The second-order valence-electron chi connectivity index (χ2n) is 4.53. The quantitative estimate of drug-likeness (QED) is 0.540. The van der Waals surface area contributed by atoms with Crippen molar-refractivity contribution in [1.82, 2.24) is 19.7 Å². The van der Waals surface area contributed by atoms with Gasteiger partial charge in [0.15, 0.2) is 0 Å². The molecule has 0 atom stereocenters. The normalized spacial score (nSPS) is 11.4. The summed E-state index contributed by atoms with van der Waals surface area (Å²) in [6.45, 7) is 4.15. The smallest absolute Gasteiger partial charge is 0.142 e. The molecule has 0 bridgehead atoms. The first-order valence-corrected chi connectivity index (χ1v) is 8.26. The van der Waals surface area contributed by atoms with Crippen LogP contribution in [0.5, 0.6) is 0 Å². The lowest BCUT2D eigenvalue weighted by molar-refractivity contribution is 0.766. The molecule has 0 saturated carbocycles. The zero-order chi connectivity index (χ0) is 14.3. The molecule has 0 radical (unpaired) electrons. The first kappa shape index (κ1) is 13.9. The maximum absolute atomic E-state index is 6.30. The zero-order valence-corrected chi connectivity index (χ0v) is 13.7. The van der Waals surface area contributed by atoms with E-state index in [1.165, 1.54) is 10.4 Å². The highest BCUT2D eigenvalue weighted by Crippen LogP contribution is 2.33. The average Bonchev–Trinajstić information content (AvgIpc) is 2.92. The number of hydrogen-bond acceptors (Lipinski definition) is 5. The fourth-order valence-electron chi connectivity index (χ4n) is 1.93. The number of fused-ring (bicyclic) bond motifs is 1. The van der Waals surface area contributed by atoms with Crippen molar-refractivity contribution in [2.24, 2.45) is 7.05 Å². The molecule has 0 aromatic carbocycles. The van der Waals surface area contributed by atoms with Gasteiger partial charge in [-0.15, -0.1) is 23.1 Å². The lowest BCUT2D eigenvalue weighted by atomic mass is 10.2. The average molecular weight is 325 g/mol. The Morgan fingerprint density at radius 2 is 2.15 bits per heavy atom. The molecule has 4 nitrogen and oxygen atoms in total. The number of thiophene rings is 1. The van der Waals surface area contributed by atoms with Gasteiger partial charge in [0, 0.05) is 23.0 Å². The van der Waals surface area contributed by atoms with Crippen LogP contribution in [0.4, 0.5) is 0 Å². The molecule has 3 aromatic rings. The van der Waals surface area contributed by atoms with Crippen LogP contribution in [0.1, 0.15) is 16.3 Å². The SMILES string of the molecule is Cc1sc2nc(CSc3cnn(C)c3)nc(Cl)c2c1C. The number of nitrogens with zero attached hydrogens (tertiary/aromatic N) is 4. The van der Waals surface area contributed by atoms with Gasteiger partial charge >= 0.3 is 0 Å². The number of thioether (sulfide) groups is 1. The molecule has 0 unspecified atom stereocenters. The topological polar surface area (TPSA) is 43.6 Å². The highest BCUT2D eigenvalue weighted by molar-refractivity contribution is 7.98. The molecule has 20 heavy (non-hydrogen) atoms. The molecule has 0 spiro atoms. The van der Waals surface area contributed by atoms with Crippen LogP contribution >= 0.6 is 34.7 Å². The van der Waals surface area contributed by atoms with Crippen molar-refractivity contribution in [2.75, 3.05) is 0 Å². The molecule has 104 valence electrons. The molecular weight excluding hydrogens is 312 g/mol. The van der Waals surface area contributed by atoms with Crippen molar-refractivity contribution in [3.63, 3.8) is 0 Å². The van der Waals surface area contributed by atoms with Gasteiger partial charge in [-0.05, 0) is 19.4 Å². The van der Waals surface area contributed by atoms with Crippen LogP contribution in [0.25, 0.3) is 10.2 Å². The summed E-state index contributed by atoms with van der Waals surface area (Å²) >= 11 is 9.63. The molecule has 3 aromatic heterocycles. The van der Waals surface area contributed by atoms with Crippen molar-refractivity contribution in [3.8, 4) is 0 Å². The van der Waals surface area contributed by atoms with Crippen molar-refractivity contribution in [2.45, 2.75) is 24.5 Å². The number of halogens is 1. The van der Waals surface area contributed by atoms with Gasteiger partial charge in [0.05, 0.1) is 17.3 Å². The standard InChI is InChI=1S/C13H13ClN4S2/c1-7-8(2)20-13-11(7)12(14)16-10(17-13)6-19-9-4-15-18(3)5-9/h4-5H,6H2,1-3H3. The van der Waals surface area contributed by atoms with Crippen LogP contribution in [0.15, 0.2) is 17.3 Å². The van der Waals surface area contributed by atoms with Crippen LogP contribution in [-0.2, 0) is 12.8 Å². The lowest BCUT2D eigenvalue weighted by Gasteiger charge is -2.01. The van der Waals surface area contributed by atoms with E-state index < -0.39 is 0 Å². The van der Waals surface area contributed by atoms with Gasteiger partial charge in [0.2, 0.25) is 0 Å². The predicted octanol–water partition coefficient (Wildman–Crippen LogP) is 3.99. The second kappa shape index (κ2) is 5.35. The van der Waals surface area contributed by atoms with E-state index in [-0.39, 0.29) is 0 Å². The molecule has 7 heteroatoms. The van der Waals surface area contributed by atoms with Crippen LogP contribution in [0, 0.1) is 13.8 Å². The molecule has 0 fully saturated rings. The van der Waals surface area contributed by atoms with Gasteiger partial charge in [-0.3, -0.25) is 4.68 Å². The predicted molar refractivity (Wildman–Crippen MR) is 84.7 cm³/mol. The van der Waals surface area contributed by atoms with E-state index in [2.05, 4.69) is 28.9 Å². The fourth-order valence-corrected chi connectivity index (χ4v) is 4.13. The summed E-state index contributed by atoms with van der Waals surface area (Å²) in [4.78, 5) is 12.3. The van der Waals surface area contributed by atoms with Crippen LogP contribution in [0.2, 0.25) is 5.15 Å². The maximum atomic E-state index is 6.30. The molecule has 0 aliphatic carbocycles. The molecule has 0 aliphatic heterocycles. The Balaban J connectivity index is 1.89. The van der Waals surface area contributed by atoms with E-state index >= 15 is 0 Å². The molecule has 3 rings (SSSR count). The van der Waals surface area contributed by atoms with Gasteiger partial charge in [0.1, 0.15) is 15.8 Å². The summed E-state index contributed by atoms with van der Waals surface area (Å²) in [6, 6.07) is 0. The highest BCUT2D eigenvalue weighted by atomic mass is 35.5. The van der Waals surface area contributed by atoms with E-state index in [9.17, 15) is 0 Å². The Bertz CT molecular complexity index is 778. The summed E-state index contributed by atoms with van der Waals surface area (Å²) in [5.41, 5.74) is 1.18. The minimum absolute atomic E-state index is 0.554. The van der Waals surface area contributed by atoms with Crippen molar-refractivity contribution < 1.29 is 0 Å². The van der Waals surface area contributed by atoms with E-state index in [4.69, 9.17) is 11.6 Å². The Labute approximate surface area is 130 Å². The Hall–Kier alpha value is -1.11. The van der Waals surface area contributed by atoms with Gasteiger partial charge in [-0.2, -0.15) is 5.10 Å². The third kappa shape index (κ3) is 2.55. The summed E-state index contributed by atoms with van der Waals surface area (Å²) in [5.74, 6) is 1.45. The van der Waals surface area contributed by atoms with E-state index in [0.29, 0.717) is 10.9 Å². The summed E-state index contributed by atoms with van der Waals surface area (Å²) in [7, 11) is 1.90. The maximum Gasteiger partial charge on any atom is 0.142 e. The largest absolute Gasteiger partial charge is 0.275 e. The van der Waals surface area contributed by atoms with Gasteiger partial charge in [0.25, 0.3) is 0 Å². The highest BCUT2D eigenvalue weighted by Gasteiger charge is 2.13. The number of rotatable bonds is 3. The second-order valence-corrected chi connectivity index (χ2v) is 7.14. The Morgan fingerprint density at radius 1 is 1.35 bits per heavy atom. The minimum Gasteiger partial charge on any atom is -0.275 e. The molecule has 0 N–H and O–H groups in total. The monoisotopic (exact) mass is 324 g/mol. The first-order valence-electron chi connectivity index (χ1n) is 6.08. The molecule has 0 aliphatic rings. The van der Waals surface area contributed by atoms with Gasteiger partial charge < -0.3 is 0 Å². The van der Waals surface area contributed by atoms with Gasteiger partial charge in [-0.1, -0.05) is 11.6 Å². The summed E-state index contributed by atoms with van der Waals surface area (Å²) in [5, 5.41) is 5.69. The van der Waals surface area contributed by atoms with E-state index in [1.54, 1.807) is 27.8 Å². The molecule has 3 heterocycles. The number of aromatic nitrogens is 4. The summed E-state index contributed by atoms with van der Waals surface area (Å²) < 4.78 is 1.78. The van der Waals surface area contributed by atoms with Crippen molar-refractivity contribution in [3.05, 3.63) is 33.8 Å². The number of aryl methyl sites for hydroxylation is 3.